The molecule has 2 fully saturated rings. The highest BCUT2D eigenvalue weighted by molar-refractivity contribution is 5.20. The highest BCUT2D eigenvalue weighted by Gasteiger charge is 2.48. The molecule has 1 saturated heterocycles. The lowest BCUT2D eigenvalue weighted by atomic mass is 9.68. The second-order valence-electron chi connectivity index (χ2n) is 7.78. The Morgan fingerprint density at radius 2 is 1.96 bits per heavy atom. The van der Waals surface area contributed by atoms with Crippen LogP contribution in [0, 0.1) is 0 Å². The maximum Gasteiger partial charge on any atom is 0.0724 e. The van der Waals surface area contributed by atoms with E-state index in [4.69, 9.17) is 9.72 Å². The Balaban J connectivity index is 1.46. The Labute approximate surface area is 155 Å². The quantitative estimate of drug-likeness (QED) is 0.807. The topological polar surface area (TPSA) is 59.9 Å². The standard InChI is InChI=1S/C21H28N4O/c1-4-10-25-19(5-1)20(8-11-22-15-18-16-23-12-13-24-18)9-14-26-21(17-20)6-2-3-7-21/h1,4-5,10,12-13,16,22H,2-3,6-9,11,14-15,17H2/t20-/m0/s1. The van der Waals surface area contributed by atoms with Crippen LogP contribution in [0.5, 0.6) is 0 Å². The first-order valence-corrected chi connectivity index (χ1v) is 9.82. The largest absolute Gasteiger partial charge is 0.375 e. The van der Waals surface area contributed by atoms with Crippen LogP contribution in [0.4, 0.5) is 0 Å². The van der Waals surface area contributed by atoms with Crippen LogP contribution < -0.4 is 5.32 Å². The summed E-state index contributed by atoms with van der Waals surface area (Å²) in [6, 6.07) is 6.33. The molecule has 0 bridgehead atoms. The number of hydrogen-bond donors (Lipinski definition) is 1. The summed E-state index contributed by atoms with van der Waals surface area (Å²) in [6.45, 7) is 2.55. The molecule has 1 aliphatic carbocycles. The molecule has 0 unspecified atom stereocenters. The molecule has 0 amide bonds. The van der Waals surface area contributed by atoms with E-state index in [1.807, 2.05) is 18.5 Å². The maximum atomic E-state index is 6.31. The minimum atomic E-state index is 0.0840. The Hall–Kier alpha value is -1.85. The molecule has 1 N–H and O–H groups in total. The molecule has 2 aromatic rings. The Kier molecular flexibility index (Phi) is 5.27. The number of rotatable bonds is 6. The van der Waals surface area contributed by atoms with Crippen LogP contribution in [-0.4, -0.2) is 33.7 Å². The summed E-state index contributed by atoms with van der Waals surface area (Å²) in [7, 11) is 0. The fourth-order valence-electron chi connectivity index (χ4n) is 4.76. The van der Waals surface area contributed by atoms with Gasteiger partial charge in [-0.05, 0) is 50.8 Å². The number of ether oxygens (including phenoxy) is 1. The summed E-state index contributed by atoms with van der Waals surface area (Å²) in [5.74, 6) is 0. The van der Waals surface area contributed by atoms with Crippen molar-refractivity contribution in [3.8, 4) is 0 Å². The molecule has 1 spiro atoms. The maximum absolute atomic E-state index is 6.31. The van der Waals surface area contributed by atoms with Gasteiger partial charge in [0.2, 0.25) is 0 Å². The highest BCUT2D eigenvalue weighted by atomic mass is 16.5. The second-order valence-corrected chi connectivity index (χ2v) is 7.78. The van der Waals surface area contributed by atoms with Gasteiger partial charge in [-0.15, -0.1) is 0 Å². The second kappa shape index (κ2) is 7.80. The van der Waals surface area contributed by atoms with Gasteiger partial charge in [0.15, 0.2) is 0 Å². The number of pyridine rings is 1. The fourth-order valence-corrected chi connectivity index (χ4v) is 4.76. The van der Waals surface area contributed by atoms with E-state index in [0.717, 1.165) is 44.7 Å². The van der Waals surface area contributed by atoms with Gasteiger partial charge in [0.05, 0.1) is 11.3 Å². The molecular formula is C21H28N4O. The van der Waals surface area contributed by atoms with Crippen molar-refractivity contribution in [1.82, 2.24) is 20.3 Å². The molecule has 1 saturated carbocycles. The van der Waals surface area contributed by atoms with Gasteiger partial charge in [-0.1, -0.05) is 18.9 Å². The monoisotopic (exact) mass is 352 g/mol. The van der Waals surface area contributed by atoms with E-state index in [2.05, 4.69) is 27.4 Å². The van der Waals surface area contributed by atoms with Crippen molar-refractivity contribution in [2.75, 3.05) is 13.2 Å². The van der Waals surface area contributed by atoms with Crippen LogP contribution in [0.3, 0.4) is 0 Å². The van der Waals surface area contributed by atoms with Crippen molar-refractivity contribution in [1.29, 1.82) is 0 Å². The number of nitrogens with one attached hydrogen (secondary N) is 1. The van der Waals surface area contributed by atoms with E-state index in [1.165, 1.54) is 31.4 Å². The number of hydrogen-bond acceptors (Lipinski definition) is 5. The van der Waals surface area contributed by atoms with Crippen LogP contribution in [0.15, 0.2) is 43.0 Å². The van der Waals surface area contributed by atoms with E-state index in [1.54, 1.807) is 12.4 Å². The predicted octanol–water partition coefficient (Wildman–Crippen LogP) is 3.41. The van der Waals surface area contributed by atoms with Gasteiger partial charge in [-0.3, -0.25) is 15.0 Å². The van der Waals surface area contributed by atoms with Crippen molar-refractivity contribution in [2.45, 2.75) is 62.5 Å². The third kappa shape index (κ3) is 3.79. The molecule has 4 rings (SSSR count). The summed E-state index contributed by atoms with van der Waals surface area (Å²) in [5, 5.41) is 3.55. The van der Waals surface area contributed by atoms with Crippen LogP contribution >= 0.6 is 0 Å². The zero-order valence-electron chi connectivity index (χ0n) is 15.4. The third-order valence-corrected chi connectivity index (χ3v) is 6.08. The first-order chi connectivity index (χ1) is 12.8. The van der Waals surface area contributed by atoms with Gasteiger partial charge in [0.1, 0.15) is 0 Å². The fraction of sp³-hybridized carbons (Fsp3) is 0.571. The van der Waals surface area contributed by atoms with Gasteiger partial charge in [0.25, 0.3) is 0 Å². The van der Waals surface area contributed by atoms with Crippen LogP contribution in [0.2, 0.25) is 0 Å². The molecule has 5 heteroatoms. The average Bonchev–Trinajstić information content (AvgIpc) is 3.14. The molecule has 3 heterocycles. The first-order valence-electron chi connectivity index (χ1n) is 9.82. The summed E-state index contributed by atoms with van der Waals surface area (Å²) in [6.07, 6.45) is 15.4. The summed E-state index contributed by atoms with van der Waals surface area (Å²) < 4.78 is 6.31. The van der Waals surface area contributed by atoms with Gasteiger partial charge in [0, 0.05) is 49.0 Å². The Morgan fingerprint density at radius 1 is 1.04 bits per heavy atom. The lowest BCUT2D eigenvalue weighted by Gasteiger charge is -2.46. The molecule has 0 radical (unpaired) electrons. The summed E-state index contributed by atoms with van der Waals surface area (Å²) in [5.41, 5.74) is 2.41. The minimum absolute atomic E-state index is 0.0840. The van der Waals surface area contributed by atoms with Gasteiger partial charge in [-0.2, -0.15) is 0 Å². The number of aromatic nitrogens is 3. The molecule has 5 nitrogen and oxygen atoms in total. The van der Waals surface area contributed by atoms with E-state index < -0.39 is 0 Å². The van der Waals surface area contributed by atoms with Crippen molar-refractivity contribution >= 4 is 0 Å². The smallest absolute Gasteiger partial charge is 0.0724 e. The Morgan fingerprint density at radius 3 is 2.73 bits per heavy atom. The lowest BCUT2D eigenvalue weighted by molar-refractivity contribution is -0.104. The molecule has 2 aromatic heterocycles. The molecule has 26 heavy (non-hydrogen) atoms. The van der Waals surface area contributed by atoms with Crippen molar-refractivity contribution < 1.29 is 4.74 Å². The zero-order valence-corrected chi connectivity index (χ0v) is 15.4. The van der Waals surface area contributed by atoms with Crippen LogP contribution in [-0.2, 0) is 16.7 Å². The Bertz CT molecular complexity index is 688. The molecule has 0 aromatic carbocycles. The van der Waals surface area contributed by atoms with E-state index in [0.29, 0.717) is 0 Å². The van der Waals surface area contributed by atoms with Gasteiger partial charge in [-0.25, -0.2) is 0 Å². The normalized spacial score (nSPS) is 24.8. The molecular weight excluding hydrogens is 324 g/mol. The molecule has 138 valence electrons. The molecule has 1 aliphatic heterocycles. The van der Waals surface area contributed by atoms with Crippen molar-refractivity contribution in [2.24, 2.45) is 0 Å². The molecule has 1 atom stereocenters. The lowest BCUT2D eigenvalue weighted by Crippen LogP contribution is -2.47. The molecule has 2 aliphatic rings. The van der Waals surface area contributed by atoms with Crippen molar-refractivity contribution in [3.63, 3.8) is 0 Å². The minimum Gasteiger partial charge on any atom is -0.375 e. The first kappa shape index (κ1) is 17.6. The highest BCUT2D eigenvalue weighted by Crippen LogP contribution is 2.49. The van der Waals surface area contributed by atoms with E-state index in [-0.39, 0.29) is 11.0 Å². The number of nitrogens with zero attached hydrogens (tertiary/aromatic N) is 3. The van der Waals surface area contributed by atoms with Gasteiger partial charge >= 0.3 is 0 Å². The summed E-state index contributed by atoms with van der Waals surface area (Å²) >= 11 is 0. The van der Waals surface area contributed by atoms with E-state index >= 15 is 0 Å². The van der Waals surface area contributed by atoms with Crippen LogP contribution in [0.1, 0.15) is 56.3 Å². The van der Waals surface area contributed by atoms with Gasteiger partial charge < -0.3 is 10.1 Å². The average molecular weight is 352 g/mol. The SMILES string of the molecule is c1ccc([C@@]2(CCNCc3cnccn3)CCOC3(CCCC3)C2)nc1. The zero-order chi connectivity index (χ0) is 17.7. The van der Waals surface area contributed by atoms with Crippen LogP contribution in [0.25, 0.3) is 0 Å². The summed E-state index contributed by atoms with van der Waals surface area (Å²) in [4.78, 5) is 13.2. The predicted molar refractivity (Wildman–Crippen MR) is 101 cm³/mol. The van der Waals surface area contributed by atoms with Crippen molar-refractivity contribution in [3.05, 3.63) is 54.4 Å². The third-order valence-electron chi connectivity index (χ3n) is 6.08. The van der Waals surface area contributed by atoms with E-state index in [9.17, 15) is 0 Å².